The van der Waals surface area contributed by atoms with Gasteiger partial charge in [0.1, 0.15) is 0 Å². The van der Waals surface area contributed by atoms with Crippen LogP contribution < -0.4 is 5.32 Å². The van der Waals surface area contributed by atoms with Gasteiger partial charge in [-0.2, -0.15) is 0 Å². The summed E-state index contributed by atoms with van der Waals surface area (Å²) in [6.07, 6.45) is 2.07. The lowest BCUT2D eigenvalue weighted by molar-refractivity contribution is -0.119. The molecule has 0 atom stereocenters. The van der Waals surface area contributed by atoms with E-state index in [0.717, 1.165) is 24.0 Å². The quantitative estimate of drug-likeness (QED) is 0.915. The molecule has 1 aromatic carbocycles. The van der Waals surface area contributed by atoms with E-state index in [4.69, 9.17) is 0 Å². The highest BCUT2D eigenvalue weighted by Gasteiger charge is 2.42. The molecule has 0 bridgehead atoms. The Morgan fingerprint density at radius 2 is 1.82 bits per heavy atom. The molecule has 6 heteroatoms. The first-order valence-corrected chi connectivity index (χ1v) is 9.30. The van der Waals surface area contributed by atoms with E-state index < -0.39 is 10.0 Å². The van der Waals surface area contributed by atoms with Gasteiger partial charge in [-0.3, -0.25) is 4.79 Å². The Morgan fingerprint density at radius 3 is 2.36 bits per heavy atom. The van der Waals surface area contributed by atoms with E-state index in [0.29, 0.717) is 26.1 Å². The van der Waals surface area contributed by atoms with Gasteiger partial charge in [-0.15, -0.1) is 0 Å². The molecule has 0 saturated carbocycles. The molecule has 0 radical (unpaired) electrons. The Kier molecular flexibility index (Phi) is 3.99. The van der Waals surface area contributed by atoms with Crippen LogP contribution in [-0.4, -0.2) is 38.3 Å². The lowest BCUT2D eigenvalue weighted by Crippen LogP contribution is -2.44. The molecule has 0 unspecified atom stereocenters. The molecule has 3 rings (SSSR count). The highest BCUT2D eigenvalue weighted by molar-refractivity contribution is 7.88. The summed E-state index contributed by atoms with van der Waals surface area (Å²) in [7, 11) is -3.28. The van der Waals surface area contributed by atoms with Crippen LogP contribution in [0.3, 0.4) is 0 Å². The van der Waals surface area contributed by atoms with Crippen molar-refractivity contribution >= 4 is 15.9 Å². The maximum atomic E-state index is 12.6. The minimum atomic E-state index is -3.28. The molecule has 120 valence electrons. The smallest absolute Gasteiger partial charge is 0.220 e. The molecule has 1 N–H and O–H groups in total. The topological polar surface area (TPSA) is 66.5 Å². The van der Waals surface area contributed by atoms with Crippen molar-refractivity contribution in [2.24, 2.45) is 5.41 Å². The number of hydrogen-bond acceptors (Lipinski definition) is 3. The maximum absolute atomic E-state index is 12.6. The Bertz CT molecular complexity index is 659. The van der Waals surface area contributed by atoms with Gasteiger partial charge in [0, 0.05) is 26.1 Å². The van der Waals surface area contributed by atoms with E-state index in [1.807, 2.05) is 31.2 Å². The van der Waals surface area contributed by atoms with Crippen molar-refractivity contribution < 1.29 is 13.2 Å². The van der Waals surface area contributed by atoms with Crippen molar-refractivity contribution in [3.63, 3.8) is 0 Å². The fourth-order valence-corrected chi connectivity index (χ4v) is 4.87. The molecule has 2 aliphatic rings. The molecule has 1 spiro atoms. The summed E-state index contributed by atoms with van der Waals surface area (Å²) in [5.74, 6) is 0.147. The number of sulfonamides is 1. The Balaban J connectivity index is 1.64. The summed E-state index contributed by atoms with van der Waals surface area (Å²) in [6.45, 7) is 3.71. The van der Waals surface area contributed by atoms with Crippen LogP contribution in [0.5, 0.6) is 0 Å². The van der Waals surface area contributed by atoms with Gasteiger partial charge >= 0.3 is 0 Å². The van der Waals surface area contributed by atoms with Gasteiger partial charge in [-0.25, -0.2) is 12.7 Å². The second-order valence-corrected chi connectivity index (χ2v) is 8.56. The monoisotopic (exact) mass is 322 g/mol. The first-order chi connectivity index (χ1) is 10.4. The second kappa shape index (κ2) is 5.66. The first kappa shape index (κ1) is 15.5. The maximum Gasteiger partial charge on any atom is 0.220 e. The Hall–Kier alpha value is -1.40. The van der Waals surface area contributed by atoms with Crippen LogP contribution in [0.15, 0.2) is 24.3 Å². The largest absolute Gasteiger partial charge is 0.356 e. The van der Waals surface area contributed by atoms with Crippen LogP contribution in [0.1, 0.15) is 30.4 Å². The van der Waals surface area contributed by atoms with Crippen molar-refractivity contribution in [2.75, 3.05) is 19.6 Å². The van der Waals surface area contributed by atoms with Gasteiger partial charge in [-0.1, -0.05) is 29.8 Å². The van der Waals surface area contributed by atoms with E-state index >= 15 is 0 Å². The number of amides is 1. The van der Waals surface area contributed by atoms with Gasteiger partial charge in [0.15, 0.2) is 0 Å². The number of piperidine rings is 1. The summed E-state index contributed by atoms with van der Waals surface area (Å²) < 4.78 is 26.7. The summed E-state index contributed by atoms with van der Waals surface area (Å²) in [4.78, 5) is 11.4. The number of nitrogens with zero attached hydrogens (tertiary/aromatic N) is 1. The number of carbonyl (C=O) groups excluding carboxylic acids is 1. The summed E-state index contributed by atoms with van der Waals surface area (Å²) in [6, 6.07) is 7.62. The standard InChI is InChI=1S/C16H22N2O3S/c1-13-2-4-14(5-3-13)11-22(20,21)18-8-6-16(7-9-18)10-15(19)17-12-16/h2-5H,6-12H2,1H3,(H,17,19). The molecule has 2 aliphatic heterocycles. The predicted octanol–water partition coefficient (Wildman–Crippen LogP) is 1.43. The van der Waals surface area contributed by atoms with Gasteiger partial charge in [0.2, 0.25) is 15.9 Å². The minimum Gasteiger partial charge on any atom is -0.356 e. The molecule has 2 fully saturated rings. The molecule has 1 aromatic rings. The highest BCUT2D eigenvalue weighted by atomic mass is 32.2. The van der Waals surface area contributed by atoms with Crippen LogP contribution in [0.2, 0.25) is 0 Å². The van der Waals surface area contributed by atoms with Gasteiger partial charge in [-0.05, 0) is 30.7 Å². The third kappa shape index (κ3) is 3.17. The molecule has 0 aromatic heterocycles. The highest BCUT2D eigenvalue weighted by Crippen LogP contribution is 2.38. The molecule has 0 aliphatic carbocycles. The zero-order valence-corrected chi connectivity index (χ0v) is 13.7. The average molecular weight is 322 g/mol. The number of aryl methyl sites for hydroxylation is 1. The normalized spacial score (nSPS) is 22.0. The fraction of sp³-hybridized carbons (Fsp3) is 0.562. The van der Waals surface area contributed by atoms with Crippen LogP contribution in [-0.2, 0) is 20.6 Å². The molecule has 2 heterocycles. The van der Waals surface area contributed by atoms with Gasteiger partial charge in [0.05, 0.1) is 5.75 Å². The van der Waals surface area contributed by atoms with Gasteiger partial charge in [0.25, 0.3) is 0 Å². The van der Waals surface area contributed by atoms with E-state index in [9.17, 15) is 13.2 Å². The molecular weight excluding hydrogens is 300 g/mol. The van der Waals surface area contributed by atoms with Crippen LogP contribution in [0.4, 0.5) is 0 Å². The second-order valence-electron chi connectivity index (χ2n) is 6.59. The average Bonchev–Trinajstić information content (AvgIpc) is 2.82. The number of benzene rings is 1. The van der Waals surface area contributed by atoms with E-state index in [1.165, 1.54) is 0 Å². The summed E-state index contributed by atoms with van der Waals surface area (Å²) >= 11 is 0. The van der Waals surface area contributed by atoms with Crippen LogP contribution >= 0.6 is 0 Å². The Morgan fingerprint density at radius 1 is 1.18 bits per heavy atom. The lowest BCUT2D eigenvalue weighted by Gasteiger charge is -2.37. The Labute approximate surface area is 131 Å². The van der Waals surface area contributed by atoms with Crippen molar-refractivity contribution in [3.05, 3.63) is 35.4 Å². The molecule has 2 saturated heterocycles. The molecule has 1 amide bonds. The van der Waals surface area contributed by atoms with Crippen LogP contribution in [0, 0.1) is 12.3 Å². The SMILES string of the molecule is Cc1ccc(CS(=O)(=O)N2CCC3(CC2)CNC(=O)C3)cc1. The van der Waals surface area contributed by atoms with Crippen molar-refractivity contribution in [1.29, 1.82) is 0 Å². The summed E-state index contributed by atoms with van der Waals surface area (Å²) in [5, 5.41) is 2.87. The zero-order valence-electron chi connectivity index (χ0n) is 12.8. The predicted molar refractivity (Wildman–Crippen MR) is 84.7 cm³/mol. The van der Waals surface area contributed by atoms with Crippen molar-refractivity contribution in [3.8, 4) is 0 Å². The molecular formula is C16H22N2O3S. The van der Waals surface area contributed by atoms with E-state index in [2.05, 4.69) is 5.32 Å². The number of carbonyl (C=O) groups is 1. The number of nitrogens with one attached hydrogen (secondary N) is 1. The van der Waals surface area contributed by atoms with E-state index in [1.54, 1.807) is 4.31 Å². The fourth-order valence-electron chi connectivity index (χ4n) is 3.33. The molecule has 5 nitrogen and oxygen atoms in total. The number of hydrogen-bond donors (Lipinski definition) is 1. The van der Waals surface area contributed by atoms with Crippen molar-refractivity contribution in [1.82, 2.24) is 9.62 Å². The lowest BCUT2D eigenvalue weighted by atomic mass is 9.78. The first-order valence-electron chi connectivity index (χ1n) is 7.69. The third-order valence-electron chi connectivity index (χ3n) is 4.84. The minimum absolute atomic E-state index is 0.0209. The third-order valence-corrected chi connectivity index (χ3v) is 6.69. The summed E-state index contributed by atoms with van der Waals surface area (Å²) in [5.41, 5.74) is 1.93. The number of rotatable bonds is 3. The van der Waals surface area contributed by atoms with Gasteiger partial charge < -0.3 is 5.32 Å². The van der Waals surface area contributed by atoms with E-state index in [-0.39, 0.29) is 17.1 Å². The van der Waals surface area contributed by atoms with Crippen LogP contribution in [0.25, 0.3) is 0 Å². The molecule has 22 heavy (non-hydrogen) atoms. The van der Waals surface area contributed by atoms with Crippen molar-refractivity contribution in [2.45, 2.75) is 31.9 Å². The zero-order chi connectivity index (χ0) is 15.8.